The lowest BCUT2D eigenvalue weighted by molar-refractivity contribution is 0.198. The average Bonchev–Trinajstić information content (AvgIpc) is 2.88. The maximum absolute atomic E-state index is 9.91. The molecule has 2 aliphatic rings. The van der Waals surface area contributed by atoms with Gasteiger partial charge < -0.3 is 10.0 Å². The first-order valence-electron chi connectivity index (χ1n) is 7.72. The summed E-state index contributed by atoms with van der Waals surface area (Å²) in [6, 6.07) is 8.32. The van der Waals surface area contributed by atoms with Crippen LogP contribution in [0.5, 0.6) is 0 Å². The predicted molar refractivity (Wildman–Crippen MR) is 79.4 cm³/mol. The molecule has 2 nitrogen and oxygen atoms in total. The summed E-state index contributed by atoms with van der Waals surface area (Å²) >= 11 is 0. The highest BCUT2D eigenvalue weighted by Crippen LogP contribution is 2.47. The van der Waals surface area contributed by atoms with Crippen LogP contribution in [0.2, 0.25) is 0 Å². The molecule has 2 fully saturated rings. The Morgan fingerprint density at radius 1 is 1.05 bits per heavy atom. The highest BCUT2D eigenvalue weighted by molar-refractivity contribution is 5.54. The van der Waals surface area contributed by atoms with E-state index in [1.807, 2.05) is 13.0 Å². The Balaban J connectivity index is 1.75. The van der Waals surface area contributed by atoms with Crippen LogP contribution >= 0.6 is 0 Å². The monoisotopic (exact) mass is 259 g/mol. The molecular formula is C17H25NO. The lowest BCUT2D eigenvalue weighted by Crippen LogP contribution is -2.39. The fourth-order valence-electron chi connectivity index (χ4n) is 3.98. The molecule has 1 saturated heterocycles. The maximum atomic E-state index is 9.91. The van der Waals surface area contributed by atoms with Crippen molar-refractivity contribution in [3.05, 3.63) is 29.8 Å². The molecule has 1 aromatic carbocycles. The summed E-state index contributed by atoms with van der Waals surface area (Å²) in [5.74, 6) is 0. The number of aliphatic hydroxyl groups excluding tert-OH is 1. The van der Waals surface area contributed by atoms with E-state index in [0.29, 0.717) is 5.41 Å². The minimum absolute atomic E-state index is 0.376. The van der Waals surface area contributed by atoms with Gasteiger partial charge in [0.2, 0.25) is 0 Å². The topological polar surface area (TPSA) is 23.5 Å². The van der Waals surface area contributed by atoms with Gasteiger partial charge in [-0.1, -0.05) is 31.0 Å². The second-order valence-electron chi connectivity index (χ2n) is 6.43. The number of aliphatic hydroxyl groups is 1. The molecule has 2 heteroatoms. The van der Waals surface area contributed by atoms with Gasteiger partial charge in [-0.25, -0.2) is 0 Å². The Morgan fingerprint density at radius 2 is 1.68 bits per heavy atom. The van der Waals surface area contributed by atoms with E-state index >= 15 is 0 Å². The van der Waals surface area contributed by atoms with Gasteiger partial charge in [0.1, 0.15) is 0 Å². The lowest BCUT2D eigenvalue weighted by Gasteiger charge is -2.41. The number of para-hydroxylation sites is 1. The Labute approximate surface area is 116 Å². The van der Waals surface area contributed by atoms with Crippen molar-refractivity contribution in [2.24, 2.45) is 5.41 Å². The Bertz CT molecular complexity index is 425. The number of piperidine rings is 1. The Hall–Kier alpha value is -1.02. The number of rotatable bonds is 2. The van der Waals surface area contributed by atoms with Gasteiger partial charge >= 0.3 is 0 Å². The van der Waals surface area contributed by atoms with Crippen molar-refractivity contribution < 1.29 is 5.11 Å². The van der Waals surface area contributed by atoms with Crippen molar-refractivity contribution in [2.75, 3.05) is 18.0 Å². The number of nitrogens with zero attached hydrogens (tertiary/aromatic N) is 1. The van der Waals surface area contributed by atoms with Crippen LogP contribution < -0.4 is 4.90 Å². The molecule has 1 heterocycles. The van der Waals surface area contributed by atoms with Gasteiger partial charge in [-0.2, -0.15) is 0 Å². The van der Waals surface area contributed by atoms with E-state index in [9.17, 15) is 5.11 Å². The van der Waals surface area contributed by atoms with Crippen LogP contribution in [0.4, 0.5) is 5.69 Å². The fourth-order valence-corrected chi connectivity index (χ4v) is 3.98. The molecule has 0 unspecified atom stereocenters. The predicted octanol–water partition coefficient (Wildman–Crippen LogP) is 3.90. The molecule has 1 atom stereocenters. The average molecular weight is 259 g/mol. The summed E-state index contributed by atoms with van der Waals surface area (Å²) in [4.78, 5) is 2.48. The van der Waals surface area contributed by atoms with E-state index in [4.69, 9.17) is 0 Å². The third kappa shape index (κ3) is 2.51. The number of hydrogen-bond acceptors (Lipinski definition) is 2. The molecule has 1 N–H and O–H groups in total. The van der Waals surface area contributed by atoms with Gasteiger partial charge in [0.25, 0.3) is 0 Å². The lowest BCUT2D eigenvalue weighted by atomic mass is 9.77. The first-order chi connectivity index (χ1) is 9.20. The standard InChI is InChI=1S/C17H25NO/c1-14(19)15-6-2-3-7-16(15)18-12-10-17(11-13-18)8-4-5-9-17/h2-3,6-7,14,19H,4-5,8-13H2,1H3/t14-/m0/s1. The molecule has 0 radical (unpaired) electrons. The van der Waals surface area contributed by atoms with Crippen LogP contribution in [0.15, 0.2) is 24.3 Å². The normalized spacial score (nSPS) is 23.8. The van der Waals surface area contributed by atoms with Crippen LogP contribution in [0.3, 0.4) is 0 Å². The van der Waals surface area contributed by atoms with Crippen molar-refractivity contribution in [1.82, 2.24) is 0 Å². The molecule has 104 valence electrons. The van der Waals surface area contributed by atoms with E-state index in [1.165, 1.54) is 44.2 Å². The van der Waals surface area contributed by atoms with Crippen molar-refractivity contribution in [3.63, 3.8) is 0 Å². The van der Waals surface area contributed by atoms with E-state index < -0.39 is 0 Å². The SMILES string of the molecule is C[C@H](O)c1ccccc1N1CCC2(CCCC2)CC1. The maximum Gasteiger partial charge on any atom is 0.0781 e. The molecule has 0 amide bonds. The largest absolute Gasteiger partial charge is 0.389 e. The third-order valence-corrected chi connectivity index (χ3v) is 5.22. The zero-order valence-corrected chi connectivity index (χ0v) is 11.9. The van der Waals surface area contributed by atoms with Gasteiger partial charge in [0.15, 0.2) is 0 Å². The molecule has 1 aliphatic heterocycles. The van der Waals surface area contributed by atoms with Crippen molar-refractivity contribution >= 4 is 5.69 Å². The molecule has 1 aliphatic carbocycles. The summed E-state index contributed by atoms with van der Waals surface area (Å²) in [6.07, 6.45) is 8.05. The number of hydrogen-bond donors (Lipinski definition) is 1. The first kappa shape index (κ1) is 13.0. The highest BCUT2D eigenvalue weighted by Gasteiger charge is 2.37. The third-order valence-electron chi connectivity index (χ3n) is 5.22. The van der Waals surface area contributed by atoms with Crippen molar-refractivity contribution in [1.29, 1.82) is 0 Å². The minimum atomic E-state index is -0.376. The van der Waals surface area contributed by atoms with E-state index in [2.05, 4.69) is 23.1 Å². The zero-order valence-electron chi connectivity index (χ0n) is 11.9. The molecule has 19 heavy (non-hydrogen) atoms. The summed E-state index contributed by atoms with van der Waals surface area (Å²) in [5, 5.41) is 9.91. The molecule has 1 aromatic rings. The molecule has 1 saturated carbocycles. The molecular weight excluding hydrogens is 234 g/mol. The molecule has 0 bridgehead atoms. The quantitative estimate of drug-likeness (QED) is 0.870. The van der Waals surface area contributed by atoms with Crippen molar-refractivity contribution in [3.8, 4) is 0 Å². The number of anilines is 1. The van der Waals surface area contributed by atoms with Crippen LogP contribution in [0.1, 0.15) is 57.1 Å². The fraction of sp³-hybridized carbons (Fsp3) is 0.647. The molecule has 1 spiro atoms. The van der Waals surface area contributed by atoms with Gasteiger partial charge in [-0.05, 0) is 44.1 Å². The minimum Gasteiger partial charge on any atom is -0.389 e. The van der Waals surface area contributed by atoms with Gasteiger partial charge in [0, 0.05) is 24.3 Å². The summed E-state index contributed by atoms with van der Waals surface area (Å²) in [6.45, 7) is 4.18. The smallest absolute Gasteiger partial charge is 0.0781 e. The summed E-state index contributed by atoms with van der Waals surface area (Å²) in [7, 11) is 0. The zero-order chi connectivity index (χ0) is 13.3. The van der Waals surface area contributed by atoms with Gasteiger partial charge in [-0.3, -0.25) is 0 Å². The summed E-state index contributed by atoms with van der Waals surface area (Å²) in [5.41, 5.74) is 2.98. The summed E-state index contributed by atoms with van der Waals surface area (Å²) < 4.78 is 0. The van der Waals surface area contributed by atoms with Crippen molar-refractivity contribution in [2.45, 2.75) is 51.6 Å². The van der Waals surface area contributed by atoms with Crippen LogP contribution in [-0.2, 0) is 0 Å². The van der Waals surface area contributed by atoms with Crippen LogP contribution in [0.25, 0.3) is 0 Å². The van der Waals surface area contributed by atoms with Crippen LogP contribution in [0, 0.1) is 5.41 Å². The van der Waals surface area contributed by atoms with Crippen LogP contribution in [-0.4, -0.2) is 18.2 Å². The van der Waals surface area contributed by atoms with E-state index in [1.54, 1.807) is 0 Å². The highest BCUT2D eigenvalue weighted by atomic mass is 16.3. The van der Waals surface area contributed by atoms with Gasteiger partial charge in [-0.15, -0.1) is 0 Å². The molecule has 0 aromatic heterocycles. The molecule has 3 rings (SSSR count). The Kier molecular flexibility index (Phi) is 3.53. The second-order valence-corrected chi connectivity index (χ2v) is 6.43. The van der Waals surface area contributed by atoms with E-state index in [0.717, 1.165) is 18.7 Å². The van der Waals surface area contributed by atoms with Gasteiger partial charge in [0.05, 0.1) is 6.10 Å². The first-order valence-corrected chi connectivity index (χ1v) is 7.72. The Morgan fingerprint density at radius 3 is 2.32 bits per heavy atom. The van der Waals surface area contributed by atoms with E-state index in [-0.39, 0.29) is 6.10 Å². The second kappa shape index (κ2) is 5.16. The number of benzene rings is 1.